The first-order valence-corrected chi connectivity index (χ1v) is 14.3. The summed E-state index contributed by atoms with van der Waals surface area (Å²) in [5, 5.41) is 10.9. The van der Waals surface area contributed by atoms with Crippen LogP contribution in [0.5, 0.6) is 0 Å². The van der Waals surface area contributed by atoms with Gasteiger partial charge in [0.25, 0.3) is 0 Å². The van der Waals surface area contributed by atoms with E-state index < -0.39 is 0 Å². The Bertz CT molecular complexity index is 1870. The maximum absolute atomic E-state index is 9.65. The minimum atomic E-state index is 0.266. The van der Waals surface area contributed by atoms with E-state index in [9.17, 15) is 5.26 Å². The van der Waals surface area contributed by atoms with Gasteiger partial charge in [0.15, 0.2) is 0 Å². The molecule has 3 aliphatic carbocycles. The molecule has 0 radical (unpaired) electrons. The molecule has 0 N–H and O–H groups in total. The van der Waals surface area contributed by atoms with Gasteiger partial charge in [0, 0.05) is 39.5 Å². The second kappa shape index (κ2) is 9.14. The summed E-state index contributed by atoms with van der Waals surface area (Å²) >= 11 is 0. The molecule has 1 aromatic heterocycles. The molecule has 2 heterocycles. The summed E-state index contributed by atoms with van der Waals surface area (Å²) in [7, 11) is 0. The summed E-state index contributed by atoms with van der Waals surface area (Å²) < 4.78 is 2.42. The topological polar surface area (TPSA) is 32.0 Å². The van der Waals surface area contributed by atoms with Crippen LogP contribution in [0.1, 0.15) is 46.7 Å². The number of hydrogen-bond acceptors (Lipinski definition) is 2. The molecular weight excluding hydrogens is 486 g/mol. The van der Waals surface area contributed by atoms with Crippen LogP contribution in [0, 0.1) is 11.3 Å². The van der Waals surface area contributed by atoms with Crippen LogP contribution in [0.4, 0.5) is 5.69 Å². The number of aromatic nitrogens is 1. The number of allylic oxidation sites excluding steroid dienone is 5. The minimum absolute atomic E-state index is 0.266. The average molecular weight is 516 g/mol. The van der Waals surface area contributed by atoms with E-state index in [2.05, 4.69) is 119 Å². The van der Waals surface area contributed by atoms with Crippen LogP contribution in [-0.4, -0.2) is 16.7 Å². The predicted octanol–water partition coefficient (Wildman–Crippen LogP) is 8.27. The number of nitrogens with zero attached hydrogens (tertiary/aromatic N) is 3. The molecule has 0 bridgehead atoms. The van der Waals surface area contributed by atoms with E-state index in [1.165, 1.54) is 44.5 Å². The molecule has 4 aromatic rings. The standard InChI is InChI=1S/C37H29N3/c38-24-25-10-7-12-27(22-25)40-36-21-6-3-16-32(36)33-18-9-17-29(37(33)40)26-11-8-13-28(23-26)39-34-19-4-1-14-30(34)31-15-2-5-20-35(31)39/h1-5,7-12,14-20,22-23,28,30,34H,6,13,21H2. The first-order valence-electron chi connectivity index (χ1n) is 14.3. The zero-order chi connectivity index (χ0) is 26.6. The Kier molecular flexibility index (Phi) is 5.28. The van der Waals surface area contributed by atoms with Crippen molar-refractivity contribution in [3.05, 3.63) is 143 Å². The monoisotopic (exact) mass is 515 g/mol. The van der Waals surface area contributed by atoms with Gasteiger partial charge in [-0.1, -0.05) is 97.1 Å². The van der Waals surface area contributed by atoms with E-state index in [0.717, 1.165) is 24.9 Å². The molecule has 3 unspecified atom stereocenters. The molecule has 1 aliphatic heterocycles. The van der Waals surface area contributed by atoms with Crippen LogP contribution < -0.4 is 4.90 Å². The Balaban J connectivity index is 1.31. The third-order valence-electron chi connectivity index (χ3n) is 8.91. The molecule has 8 rings (SSSR count). The van der Waals surface area contributed by atoms with Crippen LogP contribution in [0.25, 0.3) is 28.2 Å². The molecule has 3 atom stereocenters. The second-order valence-electron chi connectivity index (χ2n) is 11.1. The van der Waals surface area contributed by atoms with Gasteiger partial charge in [0.1, 0.15) is 0 Å². The first-order chi connectivity index (χ1) is 19.8. The van der Waals surface area contributed by atoms with Gasteiger partial charge < -0.3 is 9.47 Å². The van der Waals surface area contributed by atoms with Gasteiger partial charge in [0.2, 0.25) is 0 Å². The molecule has 0 amide bonds. The number of fused-ring (bicyclic) bond motifs is 6. The fraction of sp³-hybridized carbons (Fsp3) is 0.162. The van der Waals surface area contributed by atoms with Crippen molar-refractivity contribution in [3.8, 4) is 11.8 Å². The summed E-state index contributed by atoms with van der Waals surface area (Å²) in [6.45, 7) is 0. The number of hydrogen-bond donors (Lipinski definition) is 0. The van der Waals surface area contributed by atoms with E-state index in [0.29, 0.717) is 17.5 Å². The Morgan fingerprint density at radius 3 is 2.73 bits per heavy atom. The number of nitriles is 1. The zero-order valence-electron chi connectivity index (χ0n) is 22.2. The predicted molar refractivity (Wildman–Crippen MR) is 165 cm³/mol. The van der Waals surface area contributed by atoms with Crippen LogP contribution in [-0.2, 0) is 6.42 Å². The lowest BCUT2D eigenvalue weighted by Gasteiger charge is -2.36. The largest absolute Gasteiger partial charge is 0.357 e. The van der Waals surface area contributed by atoms with Crippen LogP contribution in [0.3, 0.4) is 0 Å². The summed E-state index contributed by atoms with van der Waals surface area (Å²) in [4.78, 5) is 2.63. The van der Waals surface area contributed by atoms with Crippen molar-refractivity contribution in [2.45, 2.75) is 37.3 Å². The maximum atomic E-state index is 9.65. The zero-order valence-corrected chi connectivity index (χ0v) is 22.2. The molecule has 4 aliphatic rings. The number of para-hydroxylation sites is 2. The van der Waals surface area contributed by atoms with E-state index >= 15 is 0 Å². The highest BCUT2D eigenvalue weighted by atomic mass is 15.2. The third kappa shape index (κ3) is 3.43. The van der Waals surface area contributed by atoms with Crippen molar-refractivity contribution >= 4 is 28.2 Å². The minimum Gasteiger partial charge on any atom is -0.357 e. The fourth-order valence-corrected chi connectivity index (χ4v) is 7.25. The summed E-state index contributed by atoms with van der Waals surface area (Å²) in [5.74, 6) is 0.399. The Labute approximate surface area is 235 Å². The van der Waals surface area contributed by atoms with Crippen LogP contribution in [0.15, 0.2) is 115 Å². The van der Waals surface area contributed by atoms with E-state index in [-0.39, 0.29) is 6.04 Å². The van der Waals surface area contributed by atoms with Gasteiger partial charge >= 0.3 is 0 Å². The van der Waals surface area contributed by atoms with Gasteiger partial charge in [-0.15, -0.1) is 0 Å². The van der Waals surface area contributed by atoms with Crippen molar-refractivity contribution in [1.29, 1.82) is 5.26 Å². The van der Waals surface area contributed by atoms with E-state index in [1.54, 1.807) is 0 Å². The molecule has 192 valence electrons. The lowest BCUT2D eigenvalue weighted by Crippen LogP contribution is -2.41. The van der Waals surface area contributed by atoms with Crippen molar-refractivity contribution in [1.82, 2.24) is 4.57 Å². The normalized spacial score (nSPS) is 22.1. The Hall–Kier alpha value is -4.81. The van der Waals surface area contributed by atoms with Crippen molar-refractivity contribution < 1.29 is 0 Å². The molecule has 0 saturated carbocycles. The smallest absolute Gasteiger partial charge is 0.0992 e. The van der Waals surface area contributed by atoms with Crippen LogP contribution in [0.2, 0.25) is 0 Å². The van der Waals surface area contributed by atoms with Crippen molar-refractivity contribution in [3.63, 3.8) is 0 Å². The highest BCUT2D eigenvalue weighted by Gasteiger charge is 2.39. The first kappa shape index (κ1) is 23.1. The third-order valence-corrected chi connectivity index (χ3v) is 8.91. The Morgan fingerprint density at radius 2 is 1.77 bits per heavy atom. The lowest BCUT2D eigenvalue weighted by atomic mass is 9.90. The highest BCUT2D eigenvalue weighted by Crippen LogP contribution is 2.46. The molecule has 0 fully saturated rings. The lowest BCUT2D eigenvalue weighted by molar-refractivity contribution is 0.615. The van der Waals surface area contributed by atoms with Crippen LogP contribution >= 0.6 is 0 Å². The van der Waals surface area contributed by atoms with Crippen molar-refractivity contribution in [2.75, 3.05) is 4.90 Å². The van der Waals surface area contributed by atoms with Gasteiger partial charge in [-0.25, -0.2) is 0 Å². The molecule has 3 aromatic carbocycles. The summed E-state index contributed by atoms with van der Waals surface area (Å²) in [6.07, 6.45) is 23.8. The molecule has 3 nitrogen and oxygen atoms in total. The maximum Gasteiger partial charge on any atom is 0.0992 e. The van der Waals surface area contributed by atoms with Gasteiger partial charge in [-0.05, 0) is 54.7 Å². The second-order valence-corrected chi connectivity index (χ2v) is 11.1. The highest BCUT2D eigenvalue weighted by molar-refractivity contribution is 6.01. The van der Waals surface area contributed by atoms with Crippen molar-refractivity contribution in [2.24, 2.45) is 0 Å². The molecule has 0 spiro atoms. The Morgan fingerprint density at radius 1 is 0.875 bits per heavy atom. The number of anilines is 1. The quantitative estimate of drug-likeness (QED) is 0.275. The molecule has 40 heavy (non-hydrogen) atoms. The van der Waals surface area contributed by atoms with Gasteiger partial charge in [-0.2, -0.15) is 5.26 Å². The van der Waals surface area contributed by atoms with Gasteiger partial charge in [0.05, 0.1) is 29.2 Å². The molecule has 3 heteroatoms. The van der Waals surface area contributed by atoms with Gasteiger partial charge in [-0.3, -0.25) is 0 Å². The number of benzene rings is 3. The van der Waals surface area contributed by atoms with E-state index in [1.807, 2.05) is 18.2 Å². The van der Waals surface area contributed by atoms with E-state index in [4.69, 9.17) is 0 Å². The summed E-state index contributed by atoms with van der Waals surface area (Å²) in [5.41, 5.74) is 10.9. The average Bonchev–Trinajstić information content (AvgIpc) is 3.54. The molecular formula is C37H29N3. The number of rotatable bonds is 3. The SMILES string of the molecule is N#Cc1cccc(-n2c3c(c4cccc(C5=CC(N6c7ccccc7C7C=CC=CC76)CC=C5)c42)C=CCC3)c1. The summed E-state index contributed by atoms with van der Waals surface area (Å²) in [6, 6.07) is 26.6. The molecule has 0 saturated heterocycles. The fourth-order valence-electron chi connectivity index (χ4n) is 7.25.